The van der Waals surface area contributed by atoms with Gasteiger partial charge in [0, 0.05) is 0 Å². The molecule has 0 unspecified atom stereocenters. The Hall–Kier alpha value is -0.940. The summed E-state index contributed by atoms with van der Waals surface area (Å²) < 4.78 is 42.3. The quantitative estimate of drug-likeness (QED) is 0.680. The van der Waals surface area contributed by atoms with E-state index in [2.05, 4.69) is 0 Å². The number of hydrogen-bond acceptors (Lipinski definition) is 2. The Morgan fingerprint density at radius 1 is 1.42 bits per heavy atom. The van der Waals surface area contributed by atoms with E-state index < -0.39 is 20.8 Å². The van der Waals surface area contributed by atoms with Gasteiger partial charge in [0.05, 0.1) is 0 Å². The van der Waals surface area contributed by atoms with E-state index in [1.54, 1.807) is 6.92 Å². The zero-order chi connectivity index (χ0) is 9.35. The van der Waals surface area contributed by atoms with Gasteiger partial charge in [-0.2, -0.15) is 8.42 Å². The Balaban J connectivity index is 3.43. The topological polar surface area (TPSA) is 54.4 Å². The molecule has 0 fully saturated rings. The van der Waals surface area contributed by atoms with Gasteiger partial charge in [-0.05, 0) is 24.6 Å². The zero-order valence-corrected chi connectivity index (χ0v) is 7.10. The van der Waals surface area contributed by atoms with Crippen molar-refractivity contribution in [1.82, 2.24) is 0 Å². The van der Waals surface area contributed by atoms with Gasteiger partial charge < -0.3 is 0 Å². The SMILES string of the molecule is Cc1ccc(F)c(S(=O)(=O)O)c1. The van der Waals surface area contributed by atoms with E-state index in [4.69, 9.17) is 4.55 Å². The van der Waals surface area contributed by atoms with Gasteiger partial charge in [-0.15, -0.1) is 0 Å². The summed E-state index contributed by atoms with van der Waals surface area (Å²) in [5, 5.41) is 0. The molecule has 1 N–H and O–H groups in total. The number of rotatable bonds is 1. The fourth-order valence-electron chi connectivity index (χ4n) is 0.808. The lowest BCUT2D eigenvalue weighted by Gasteiger charge is -1.99. The maximum Gasteiger partial charge on any atom is 0.297 e. The van der Waals surface area contributed by atoms with Gasteiger partial charge in [0.25, 0.3) is 10.1 Å². The molecule has 0 heterocycles. The summed E-state index contributed by atoms with van der Waals surface area (Å²) in [6.07, 6.45) is 0. The maximum absolute atomic E-state index is 12.7. The largest absolute Gasteiger partial charge is 0.297 e. The zero-order valence-electron chi connectivity index (χ0n) is 6.28. The van der Waals surface area contributed by atoms with Gasteiger partial charge >= 0.3 is 0 Å². The van der Waals surface area contributed by atoms with Crippen LogP contribution >= 0.6 is 0 Å². The Morgan fingerprint density at radius 2 is 2.00 bits per heavy atom. The molecule has 0 atom stereocenters. The van der Waals surface area contributed by atoms with E-state index in [1.165, 1.54) is 6.07 Å². The summed E-state index contributed by atoms with van der Waals surface area (Å²) in [5.41, 5.74) is 0.573. The molecule has 0 radical (unpaired) electrons. The Morgan fingerprint density at radius 3 is 2.42 bits per heavy atom. The minimum Gasteiger partial charge on any atom is -0.282 e. The van der Waals surface area contributed by atoms with Crippen LogP contribution in [0.5, 0.6) is 0 Å². The van der Waals surface area contributed by atoms with Gasteiger partial charge in [-0.1, -0.05) is 6.07 Å². The standard InChI is InChI=1S/C7H7FO3S/c1-5-2-3-6(8)7(4-5)12(9,10)11/h2-4H,1H3,(H,9,10,11). The van der Waals surface area contributed by atoms with E-state index in [9.17, 15) is 12.8 Å². The molecule has 0 aliphatic heterocycles. The molecular weight excluding hydrogens is 183 g/mol. The first-order valence-electron chi connectivity index (χ1n) is 3.15. The lowest BCUT2D eigenvalue weighted by Crippen LogP contribution is -2.01. The molecule has 1 aromatic carbocycles. The minimum atomic E-state index is -4.43. The molecule has 0 aliphatic carbocycles. The first-order chi connectivity index (χ1) is 5.41. The van der Waals surface area contributed by atoms with Crippen molar-refractivity contribution < 1.29 is 17.4 Å². The van der Waals surface area contributed by atoms with Gasteiger partial charge in [0.1, 0.15) is 10.7 Å². The number of aryl methyl sites for hydroxylation is 1. The van der Waals surface area contributed by atoms with Crippen LogP contribution in [0.25, 0.3) is 0 Å². The van der Waals surface area contributed by atoms with Crippen LogP contribution in [0.3, 0.4) is 0 Å². The lowest BCUT2D eigenvalue weighted by molar-refractivity contribution is 0.473. The highest BCUT2D eigenvalue weighted by Crippen LogP contribution is 2.14. The fourth-order valence-corrected chi connectivity index (χ4v) is 1.46. The van der Waals surface area contributed by atoms with Crippen LogP contribution in [-0.2, 0) is 10.1 Å². The van der Waals surface area contributed by atoms with E-state index >= 15 is 0 Å². The van der Waals surface area contributed by atoms with Crippen LogP contribution < -0.4 is 0 Å². The molecule has 12 heavy (non-hydrogen) atoms. The van der Waals surface area contributed by atoms with Crippen molar-refractivity contribution in [3.05, 3.63) is 29.6 Å². The predicted octanol–water partition coefficient (Wildman–Crippen LogP) is 1.38. The molecule has 5 heteroatoms. The second-order valence-electron chi connectivity index (χ2n) is 2.41. The van der Waals surface area contributed by atoms with Crippen LogP contribution in [0.1, 0.15) is 5.56 Å². The molecule has 0 bridgehead atoms. The summed E-state index contributed by atoms with van der Waals surface area (Å²) >= 11 is 0. The summed E-state index contributed by atoms with van der Waals surface area (Å²) in [4.78, 5) is -0.678. The van der Waals surface area contributed by atoms with Crippen LogP contribution in [-0.4, -0.2) is 13.0 Å². The highest BCUT2D eigenvalue weighted by atomic mass is 32.2. The van der Waals surface area contributed by atoms with E-state index in [1.807, 2.05) is 0 Å². The third kappa shape index (κ3) is 1.80. The Bertz CT molecular complexity index is 397. The predicted molar refractivity (Wildman–Crippen MR) is 41.0 cm³/mol. The molecule has 3 nitrogen and oxygen atoms in total. The minimum absolute atomic E-state index is 0.573. The fraction of sp³-hybridized carbons (Fsp3) is 0.143. The molecule has 66 valence electrons. The molecule has 1 aromatic rings. The van der Waals surface area contributed by atoms with E-state index in [0.717, 1.165) is 12.1 Å². The summed E-state index contributed by atoms with van der Waals surface area (Å²) in [5.74, 6) is -0.942. The molecule has 0 aromatic heterocycles. The normalized spacial score (nSPS) is 11.6. The third-order valence-electron chi connectivity index (χ3n) is 1.36. The van der Waals surface area contributed by atoms with Crippen molar-refractivity contribution in [2.24, 2.45) is 0 Å². The maximum atomic E-state index is 12.7. The number of benzene rings is 1. The van der Waals surface area contributed by atoms with Crippen LogP contribution in [0.2, 0.25) is 0 Å². The average Bonchev–Trinajstić information content (AvgIpc) is 1.92. The Kier molecular flexibility index (Phi) is 2.16. The summed E-state index contributed by atoms with van der Waals surface area (Å²) in [6, 6.07) is 3.49. The van der Waals surface area contributed by atoms with Crippen molar-refractivity contribution in [3.63, 3.8) is 0 Å². The second-order valence-corrected chi connectivity index (χ2v) is 3.80. The first-order valence-corrected chi connectivity index (χ1v) is 4.59. The van der Waals surface area contributed by atoms with Gasteiger partial charge in [0.2, 0.25) is 0 Å². The molecule has 0 aliphatic rings. The van der Waals surface area contributed by atoms with Crippen molar-refractivity contribution in [2.45, 2.75) is 11.8 Å². The second kappa shape index (κ2) is 2.84. The highest BCUT2D eigenvalue weighted by Gasteiger charge is 2.14. The smallest absolute Gasteiger partial charge is 0.282 e. The molecule has 0 spiro atoms. The monoisotopic (exact) mass is 190 g/mol. The van der Waals surface area contributed by atoms with Crippen LogP contribution in [0.4, 0.5) is 4.39 Å². The van der Waals surface area contributed by atoms with Crippen molar-refractivity contribution in [2.75, 3.05) is 0 Å². The summed E-state index contributed by atoms with van der Waals surface area (Å²) in [6.45, 7) is 1.61. The molecule has 1 rings (SSSR count). The van der Waals surface area contributed by atoms with E-state index in [0.29, 0.717) is 5.56 Å². The molecule has 0 amide bonds. The van der Waals surface area contributed by atoms with Gasteiger partial charge in [-0.3, -0.25) is 4.55 Å². The van der Waals surface area contributed by atoms with Crippen molar-refractivity contribution in [3.8, 4) is 0 Å². The van der Waals surface area contributed by atoms with Gasteiger partial charge in [0.15, 0.2) is 0 Å². The van der Waals surface area contributed by atoms with Gasteiger partial charge in [-0.25, -0.2) is 4.39 Å². The lowest BCUT2D eigenvalue weighted by atomic mass is 10.2. The van der Waals surface area contributed by atoms with Crippen LogP contribution in [0, 0.1) is 12.7 Å². The molecule has 0 saturated heterocycles. The third-order valence-corrected chi connectivity index (χ3v) is 2.23. The Labute approximate surface area is 69.6 Å². The van der Waals surface area contributed by atoms with Crippen LogP contribution in [0.15, 0.2) is 23.1 Å². The van der Waals surface area contributed by atoms with Crippen molar-refractivity contribution in [1.29, 1.82) is 0 Å². The highest BCUT2D eigenvalue weighted by molar-refractivity contribution is 7.85. The molecule has 0 saturated carbocycles. The number of halogens is 1. The van der Waals surface area contributed by atoms with E-state index in [-0.39, 0.29) is 0 Å². The average molecular weight is 190 g/mol. The first kappa shape index (κ1) is 9.15. The number of hydrogen-bond donors (Lipinski definition) is 1. The molecular formula is C7H7FO3S. The summed E-state index contributed by atoms with van der Waals surface area (Å²) in [7, 11) is -4.43. The van der Waals surface area contributed by atoms with Crippen molar-refractivity contribution >= 4 is 10.1 Å².